The van der Waals surface area contributed by atoms with Crippen LogP contribution in [0, 0.1) is 6.92 Å². The Kier molecular flexibility index (Phi) is 5.12. The lowest BCUT2D eigenvalue weighted by Crippen LogP contribution is -2.39. The molecule has 0 saturated heterocycles. The second kappa shape index (κ2) is 7.04. The van der Waals surface area contributed by atoms with Crippen molar-refractivity contribution >= 4 is 11.6 Å². The molecule has 1 amide bonds. The first-order chi connectivity index (χ1) is 10.1. The molecule has 0 aromatic heterocycles. The van der Waals surface area contributed by atoms with Crippen molar-refractivity contribution in [1.29, 1.82) is 0 Å². The molecule has 110 valence electrons. The minimum atomic E-state index is -0.190. The van der Waals surface area contributed by atoms with Crippen molar-refractivity contribution in [2.75, 3.05) is 12.4 Å². The van der Waals surface area contributed by atoms with Gasteiger partial charge in [-0.2, -0.15) is 0 Å². The van der Waals surface area contributed by atoms with Crippen LogP contribution in [0.3, 0.4) is 0 Å². The van der Waals surface area contributed by atoms with E-state index < -0.39 is 0 Å². The number of anilines is 1. The summed E-state index contributed by atoms with van der Waals surface area (Å²) >= 11 is 0. The summed E-state index contributed by atoms with van der Waals surface area (Å²) in [7, 11) is 1.97. The third kappa shape index (κ3) is 4.17. The minimum absolute atomic E-state index is 0.0114. The molecule has 0 bridgehead atoms. The maximum absolute atomic E-state index is 12.3. The molecule has 0 fully saturated rings. The molecule has 3 heteroatoms. The molecule has 0 aliphatic heterocycles. The van der Waals surface area contributed by atoms with E-state index in [0.29, 0.717) is 0 Å². The van der Waals surface area contributed by atoms with Gasteiger partial charge in [0.05, 0.1) is 6.04 Å². The number of hydrogen-bond donors (Lipinski definition) is 1. The number of para-hydroxylation sites is 1. The van der Waals surface area contributed by atoms with Crippen molar-refractivity contribution in [2.45, 2.75) is 26.4 Å². The van der Waals surface area contributed by atoms with E-state index in [1.165, 1.54) is 11.1 Å². The highest BCUT2D eigenvalue weighted by Gasteiger charge is 2.18. The van der Waals surface area contributed by atoms with Crippen LogP contribution < -0.4 is 5.32 Å². The summed E-state index contributed by atoms with van der Waals surface area (Å²) in [6.45, 7) is 4.78. The highest BCUT2D eigenvalue weighted by molar-refractivity contribution is 5.94. The second-order valence-electron chi connectivity index (χ2n) is 5.37. The fourth-order valence-corrected chi connectivity index (χ4v) is 2.16. The van der Waals surface area contributed by atoms with Crippen LogP contribution in [0.15, 0.2) is 54.6 Å². The van der Waals surface area contributed by atoms with E-state index in [2.05, 4.69) is 29.3 Å². The number of rotatable bonds is 5. The van der Waals surface area contributed by atoms with Gasteiger partial charge in [-0.15, -0.1) is 0 Å². The van der Waals surface area contributed by atoms with Crippen LogP contribution >= 0.6 is 0 Å². The van der Waals surface area contributed by atoms with Crippen LogP contribution in [0.1, 0.15) is 18.1 Å². The van der Waals surface area contributed by atoms with E-state index >= 15 is 0 Å². The van der Waals surface area contributed by atoms with E-state index in [1.54, 1.807) is 0 Å². The molecule has 0 aliphatic carbocycles. The lowest BCUT2D eigenvalue weighted by Gasteiger charge is -2.24. The van der Waals surface area contributed by atoms with Crippen LogP contribution in [-0.2, 0) is 11.3 Å². The van der Waals surface area contributed by atoms with Crippen molar-refractivity contribution in [3.05, 3.63) is 65.7 Å². The molecule has 1 atom stereocenters. The number of hydrogen-bond acceptors (Lipinski definition) is 2. The quantitative estimate of drug-likeness (QED) is 0.911. The van der Waals surface area contributed by atoms with Crippen LogP contribution in [-0.4, -0.2) is 23.9 Å². The zero-order valence-corrected chi connectivity index (χ0v) is 12.8. The van der Waals surface area contributed by atoms with Crippen molar-refractivity contribution < 1.29 is 4.79 Å². The van der Waals surface area contributed by atoms with Crippen LogP contribution in [0.2, 0.25) is 0 Å². The number of likely N-dealkylation sites (N-methyl/N-ethyl adjacent to an activating group) is 1. The molecule has 2 rings (SSSR count). The Morgan fingerprint density at radius 1 is 1.10 bits per heavy atom. The predicted molar refractivity (Wildman–Crippen MR) is 87.2 cm³/mol. The molecule has 2 aromatic rings. The monoisotopic (exact) mass is 282 g/mol. The highest BCUT2D eigenvalue weighted by atomic mass is 16.2. The van der Waals surface area contributed by atoms with E-state index in [-0.39, 0.29) is 11.9 Å². The number of nitrogens with one attached hydrogen (secondary N) is 1. The fraction of sp³-hybridized carbons (Fsp3) is 0.278. The first-order valence-corrected chi connectivity index (χ1v) is 7.18. The maximum atomic E-state index is 12.3. The summed E-state index contributed by atoms with van der Waals surface area (Å²) in [4.78, 5) is 14.3. The van der Waals surface area contributed by atoms with E-state index in [1.807, 2.05) is 56.4 Å². The Balaban J connectivity index is 1.97. The SMILES string of the molecule is Cc1ccccc1CN(C)C(C)C(=O)Nc1ccccc1. The summed E-state index contributed by atoms with van der Waals surface area (Å²) < 4.78 is 0. The molecule has 1 N–H and O–H groups in total. The Morgan fingerprint density at radius 2 is 1.71 bits per heavy atom. The Hall–Kier alpha value is -2.13. The molecule has 0 saturated carbocycles. The fourth-order valence-electron chi connectivity index (χ4n) is 2.16. The molecule has 1 unspecified atom stereocenters. The van der Waals surface area contributed by atoms with Gasteiger partial charge < -0.3 is 5.32 Å². The molecular weight excluding hydrogens is 260 g/mol. The lowest BCUT2D eigenvalue weighted by atomic mass is 10.1. The van der Waals surface area contributed by atoms with Gasteiger partial charge in [-0.05, 0) is 44.2 Å². The summed E-state index contributed by atoms with van der Waals surface area (Å²) in [6, 6.07) is 17.6. The summed E-state index contributed by atoms with van der Waals surface area (Å²) in [6.07, 6.45) is 0. The zero-order valence-electron chi connectivity index (χ0n) is 12.8. The molecule has 21 heavy (non-hydrogen) atoms. The topological polar surface area (TPSA) is 32.3 Å². The van der Waals surface area contributed by atoms with Gasteiger partial charge in [-0.25, -0.2) is 0 Å². The molecule has 2 aromatic carbocycles. The zero-order chi connectivity index (χ0) is 15.2. The number of benzene rings is 2. The molecule has 3 nitrogen and oxygen atoms in total. The third-order valence-corrected chi connectivity index (χ3v) is 3.76. The highest BCUT2D eigenvalue weighted by Crippen LogP contribution is 2.13. The third-order valence-electron chi connectivity index (χ3n) is 3.76. The Morgan fingerprint density at radius 3 is 2.38 bits per heavy atom. The standard InChI is InChI=1S/C18H22N2O/c1-14-9-7-8-10-16(14)13-20(3)15(2)18(21)19-17-11-5-4-6-12-17/h4-12,15H,13H2,1-3H3,(H,19,21). The van der Waals surface area contributed by atoms with Gasteiger partial charge in [0.1, 0.15) is 0 Å². The largest absolute Gasteiger partial charge is 0.325 e. The summed E-state index contributed by atoms with van der Waals surface area (Å²) in [5, 5.41) is 2.94. The first kappa shape index (κ1) is 15.3. The van der Waals surface area contributed by atoms with Gasteiger partial charge in [-0.1, -0.05) is 42.5 Å². The van der Waals surface area contributed by atoms with Gasteiger partial charge in [-0.3, -0.25) is 9.69 Å². The Labute approximate surface area is 126 Å². The summed E-state index contributed by atoms with van der Waals surface area (Å²) in [5.41, 5.74) is 3.33. The molecule has 0 heterocycles. The molecule has 0 radical (unpaired) electrons. The van der Waals surface area contributed by atoms with Crippen molar-refractivity contribution in [3.8, 4) is 0 Å². The lowest BCUT2D eigenvalue weighted by molar-refractivity contribution is -0.120. The molecule has 0 aliphatic rings. The van der Waals surface area contributed by atoms with Gasteiger partial charge in [0, 0.05) is 12.2 Å². The van der Waals surface area contributed by atoms with Crippen molar-refractivity contribution in [1.82, 2.24) is 4.90 Å². The van der Waals surface area contributed by atoms with Crippen LogP contribution in [0.25, 0.3) is 0 Å². The van der Waals surface area contributed by atoms with Gasteiger partial charge in [0.2, 0.25) is 5.91 Å². The van der Waals surface area contributed by atoms with Gasteiger partial charge >= 0.3 is 0 Å². The van der Waals surface area contributed by atoms with Crippen molar-refractivity contribution in [2.24, 2.45) is 0 Å². The Bertz CT molecular complexity index is 595. The number of nitrogens with zero attached hydrogens (tertiary/aromatic N) is 1. The van der Waals surface area contributed by atoms with Gasteiger partial charge in [0.15, 0.2) is 0 Å². The van der Waals surface area contributed by atoms with E-state index in [0.717, 1.165) is 12.2 Å². The van der Waals surface area contributed by atoms with Crippen LogP contribution in [0.5, 0.6) is 0 Å². The first-order valence-electron chi connectivity index (χ1n) is 7.18. The predicted octanol–water partition coefficient (Wildman–Crippen LogP) is 3.45. The van der Waals surface area contributed by atoms with E-state index in [4.69, 9.17) is 0 Å². The molecule has 0 spiro atoms. The molecular formula is C18H22N2O. The number of carbonyl (C=O) groups excluding carboxylic acids is 1. The minimum Gasteiger partial charge on any atom is -0.325 e. The summed E-state index contributed by atoms with van der Waals surface area (Å²) in [5.74, 6) is 0.0114. The number of carbonyl (C=O) groups is 1. The maximum Gasteiger partial charge on any atom is 0.241 e. The number of aryl methyl sites for hydroxylation is 1. The number of amides is 1. The van der Waals surface area contributed by atoms with Gasteiger partial charge in [0.25, 0.3) is 0 Å². The average molecular weight is 282 g/mol. The van der Waals surface area contributed by atoms with E-state index in [9.17, 15) is 4.79 Å². The average Bonchev–Trinajstić information content (AvgIpc) is 2.49. The van der Waals surface area contributed by atoms with Crippen LogP contribution in [0.4, 0.5) is 5.69 Å². The smallest absolute Gasteiger partial charge is 0.241 e. The van der Waals surface area contributed by atoms with Crippen molar-refractivity contribution in [3.63, 3.8) is 0 Å². The second-order valence-corrected chi connectivity index (χ2v) is 5.37. The normalized spacial score (nSPS) is 12.2.